The number of hydrogen-bond acceptors (Lipinski definition) is 2. The third-order valence-corrected chi connectivity index (χ3v) is 4.20. The maximum absolute atomic E-state index is 4.33. The number of nitrogens with zero attached hydrogens (tertiary/aromatic N) is 2. The number of anilines is 1. The van der Waals surface area contributed by atoms with Crippen molar-refractivity contribution in [3.63, 3.8) is 0 Å². The van der Waals surface area contributed by atoms with Crippen LogP contribution in [0.5, 0.6) is 0 Å². The van der Waals surface area contributed by atoms with Crippen molar-refractivity contribution in [2.24, 2.45) is 5.92 Å². The third kappa shape index (κ3) is 2.09. The van der Waals surface area contributed by atoms with Crippen LogP contribution in [0.4, 0.5) is 5.82 Å². The number of nitrogens with one attached hydrogen (secondary N) is 1. The summed E-state index contributed by atoms with van der Waals surface area (Å²) in [5, 5.41) is 3.73. The molecule has 3 heteroatoms. The summed E-state index contributed by atoms with van der Waals surface area (Å²) < 4.78 is 2.14. The molecule has 18 heavy (non-hydrogen) atoms. The minimum Gasteiger partial charge on any atom is -0.368 e. The van der Waals surface area contributed by atoms with E-state index >= 15 is 0 Å². The largest absolute Gasteiger partial charge is 0.368 e. The molecule has 3 nitrogen and oxygen atoms in total. The standard InChI is InChI=1S/C15H21N3/c1-2-12-6-3-4-7-13(12)17-15-9-5-8-14-16-10-11-18(14)15/h5,8-13,17H,2-4,6-7H2,1H3. The monoisotopic (exact) mass is 243 g/mol. The summed E-state index contributed by atoms with van der Waals surface area (Å²) in [6, 6.07) is 6.89. The molecule has 1 N–H and O–H groups in total. The van der Waals surface area contributed by atoms with E-state index in [1.807, 2.05) is 18.5 Å². The smallest absolute Gasteiger partial charge is 0.138 e. The van der Waals surface area contributed by atoms with Crippen LogP contribution < -0.4 is 5.32 Å². The van der Waals surface area contributed by atoms with Gasteiger partial charge < -0.3 is 5.32 Å². The first-order chi connectivity index (χ1) is 8.88. The zero-order chi connectivity index (χ0) is 12.4. The van der Waals surface area contributed by atoms with E-state index in [2.05, 4.69) is 33.8 Å². The van der Waals surface area contributed by atoms with Crippen LogP contribution in [-0.4, -0.2) is 15.4 Å². The summed E-state index contributed by atoms with van der Waals surface area (Å²) in [5.41, 5.74) is 1.02. The van der Waals surface area contributed by atoms with Crippen LogP contribution >= 0.6 is 0 Å². The average Bonchev–Trinajstić information content (AvgIpc) is 2.89. The molecule has 96 valence electrons. The Morgan fingerprint density at radius 2 is 2.22 bits per heavy atom. The van der Waals surface area contributed by atoms with E-state index in [0.29, 0.717) is 6.04 Å². The molecule has 2 heterocycles. The Hall–Kier alpha value is -1.51. The molecule has 0 spiro atoms. The molecule has 0 radical (unpaired) electrons. The molecule has 2 unspecified atom stereocenters. The number of aromatic nitrogens is 2. The second-order valence-corrected chi connectivity index (χ2v) is 5.27. The lowest BCUT2D eigenvalue weighted by Gasteiger charge is -2.32. The minimum atomic E-state index is 0.622. The van der Waals surface area contributed by atoms with Crippen molar-refractivity contribution in [2.75, 3.05) is 5.32 Å². The fraction of sp³-hybridized carbons (Fsp3) is 0.533. The molecule has 3 rings (SSSR count). The maximum Gasteiger partial charge on any atom is 0.138 e. The van der Waals surface area contributed by atoms with Gasteiger partial charge in [0.1, 0.15) is 11.5 Å². The quantitative estimate of drug-likeness (QED) is 0.890. The highest BCUT2D eigenvalue weighted by Gasteiger charge is 2.23. The Kier molecular flexibility index (Phi) is 3.22. The van der Waals surface area contributed by atoms with Gasteiger partial charge in [0.2, 0.25) is 0 Å². The van der Waals surface area contributed by atoms with Crippen molar-refractivity contribution in [2.45, 2.75) is 45.1 Å². The van der Waals surface area contributed by atoms with Crippen molar-refractivity contribution in [1.82, 2.24) is 9.38 Å². The molecule has 0 aliphatic heterocycles. The highest BCUT2D eigenvalue weighted by Crippen LogP contribution is 2.29. The summed E-state index contributed by atoms with van der Waals surface area (Å²) in [5.74, 6) is 1.99. The van der Waals surface area contributed by atoms with Crippen molar-refractivity contribution in [3.05, 3.63) is 30.6 Å². The molecular weight excluding hydrogens is 222 g/mol. The van der Waals surface area contributed by atoms with Gasteiger partial charge in [0.25, 0.3) is 0 Å². The van der Waals surface area contributed by atoms with Crippen molar-refractivity contribution in [1.29, 1.82) is 0 Å². The first-order valence-corrected chi connectivity index (χ1v) is 7.07. The molecule has 2 aromatic rings. The molecule has 0 amide bonds. The average molecular weight is 243 g/mol. The number of fused-ring (bicyclic) bond motifs is 1. The number of hydrogen-bond donors (Lipinski definition) is 1. The molecule has 2 aromatic heterocycles. The van der Waals surface area contributed by atoms with Gasteiger partial charge in [-0.25, -0.2) is 4.98 Å². The van der Waals surface area contributed by atoms with Crippen LogP contribution in [0.25, 0.3) is 5.65 Å². The molecule has 2 atom stereocenters. The molecule has 1 aliphatic carbocycles. The van der Waals surface area contributed by atoms with Crippen LogP contribution in [0.2, 0.25) is 0 Å². The molecule has 0 aromatic carbocycles. The predicted octanol–water partition coefficient (Wildman–Crippen LogP) is 3.72. The maximum atomic E-state index is 4.33. The normalized spacial score (nSPS) is 24.3. The number of imidazole rings is 1. The van der Waals surface area contributed by atoms with Crippen molar-refractivity contribution < 1.29 is 0 Å². The van der Waals surface area contributed by atoms with Crippen LogP contribution in [0.1, 0.15) is 39.0 Å². The summed E-state index contributed by atoms with van der Waals surface area (Å²) >= 11 is 0. The first kappa shape index (κ1) is 11.6. The Morgan fingerprint density at radius 1 is 1.33 bits per heavy atom. The van der Waals surface area contributed by atoms with Gasteiger partial charge in [-0.2, -0.15) is 0 Å². The van der Waals surface area contributed by atoms with Gasteiger partial charge in [-0.05, 0) is 30.9 Å². The van der Waals surface area contributed by atoms with Gasteiger partial charge in [-0.3, -0.25) is 4.40 Å². The van der Waals surface area contributed by atoms with E-state index in [0.717, 1.165) is 11.6 Å². The van der Waals surface area contributed by atoms with Crippen LogP contribution in [0.3, 0.4) is 0 Å². The fourth-order valence-corrected chi connectivity index (χ4v) is 3.14. The second kappa shape index (κ2) is 5.01. The van der Waals surface area contributed by atoms with Gasteiger partial charge in [0, 0.05) is 18.4 Å². The van der Waals surface area contributed by atoms with Gasteiger partial charge in [-0.1, -0.05) is 32.3 Å². The zero-order valence-corrected chi connectivity index (χ0v) is 11.0. The van der Waals surface area contributed by atoms with E-state index in [-0.39, 0.29) is 0 Å². The summed E-state index contributed by atoms with van der Waals surface area (Å²) in [7, 11) is 0. The lowest BCUT2D eigenvalue weighted by atomic mass is 9.83. The Morgan fingerprint density at radius 3 is 3.11 bits per heavy atom. The second-order valence-electron chi connectivity index (χ2n) is 5.27. The van der Waals surface area contributed by atoms with E-state index in [1.54, 1.807) is 0 Å². The SMILES string of the molecule is CCC1CCCCC1Nc1cccc2nccn12. The van der Waals surface area contributed by atoms with Crippen LogP contribution in [0.15, 0.2) is 30.6 Å². The highest BCUT2D eigenvalue weighted by molar-refractivity contribution is 5.50. The van der Waals surface area contributed by atoms with E-state index < -0.39 is 0 Å². The molecular formula is C15H21N3. The van der Waals surface area contributed by atoms with Crippen molar-refractivity contribution in [3.8, 4) is 0 Å². The first-order valence-electron chi connectivity index (χ1n) is 7.07. The number of rotatable bonds is 3. The van der Waals surface area contributed by atoms with Crippen LogP contribution in [0, 0.1) is 5.92 Å². The third-order valence-electron chi connectivity index (χ3n) is 4.20. The van der Waals surface area contributed by atoms with E-state index in [4.69, 9.17) is 0 Å². The van der Waals surface area contributed by atoms with Gasteiger partial charge in [-0.15, -0.1) is 0 Å². The summed E-state index contributed by atoms with van der Waals surface area (Å²) in [6.07, 6.45) is 10.6. The predicted molar refractivity (Wildman–Crippen MR) is 74.9 cm³/mol. The molecule has 0 bridgehead atoms. The Labute approximate surface area is 108 Å². The molecule has 1 saturated carbocycles. The van der Waals surface area contributed by atoms with E-state index in [1.165, 1.54) is 37.9 Å². The van der Waals surface area contributed by atoms with Gasteiger partial charge in [0.15, 0.2) is 0 Å². The van der Waals surface area contributed by atoms with Gasteiger partial charge >= 0.3 is 0 Å². The molecule has 0 saturated heterocycles. The fourth-order valence-electron chi connectivity index (χ4n) is 3.14. The Bertz CT molecular complexity index is 517. The Balaban J connectivity index is 1.84. The molecule has 1 aliphatic rings. The van der Waals surface area contributed by atoms with E-state index in [9.17, 15) is 0 Å². The lowest BCUT2D eigenvalue weighted by Crippen LogP contribution is -2.32. The topological polar surface area (TPSA) is 29.3 Å². The lowest BCUT2D eigenvalue weighted by molar-refractivity contribution is 0.316. The number of pyridine rings is 1. The summed E-state index contributed by atoms with van der Waals surface area (Å²) in [6.45, 7) is 2.31. The molecule has 1 fully saturated rings. The summed E-state index contributed by atoms with van der Waals surface area (Å²) in [4.78, 5) is 4.33. The van der Waals surface area contributed by atoms with Gasteiger partial charge in [0.05, 0.1) is 0 Å². The minimum absolute atomic E-state index is 0.622. The highest BCUT2D eigenvalue weighted by atomic mass is 15.1. The zero-order valence-electron chi connectivity index (χ0n) is 11.0. The van der Waals surface area contributed by atoms with Crippen LogP contribution in [-0.2, 0) is 0 Å². The van der Waals surface area contributed by atoms with Crippen molar-refractivity contribution >= 4 is 11.5 Å².